The third-order valence-electron chi connectivity index (χ3n) is 2.22. The summed E-state index contributed by atoms with van der Waals surface area (Å²) in [6.45, 7) is 0. The van der Waals surface area contributed by atoms with Crippen LogP contribution in [-0.4, -0.2) is 16.0 Å². The minimum atomic E-state index is 0.487. The van der Waals surface area contributed by atoms with E-state index in [0.717, 1.165) is 23.7 Å². The maximum absolute atomic E-state index is 4.18. The summed E-state index contributed by atoms with van der Waals surface area (Å²) in [5.74, 6) is 0.716. The van der Waals surface area contributed by atoms with Gasteiger partial charge in [-0.2, -0.15) is 0 Å². The Hall–Kier alpha value is -0.900. The lowest BCUT2D eigenvalue weighted by molar-refractivity contribution is 0.639. The smallest absolute Gasteiger partial charge is 0.222 e. The molecule has 1 atom stereocenters. The van der Waals surface area contributed by atoms with Crippen molar-refractivity contribution in [3.63, 3.8) is 0 Å². The van der Waals surface area contributed by atoms with Crippen LogP contribution in [0.1, 0.15) is 19.3 Å². The van der Waals surface area contributed by atoms with Gasteiger partial charge in [-0.3, -0.25) is 0 Å². The Balaban J connectivity index is 1.96. The molecule has 1 aromatic heterocycles. The second-order valence-electron chi connectivity index (χ2n) is 3.35. The van der Waals surface area contributed by atoms with Crippen molar-refractivity contribution in [2.75, 3.05) is 5.32 Å². The van der Waals surface area contributed by atoms with Crippen LogP contribution >= 0.6 is 15.9 Å². The molecule has 2 rings (SSSR count). The number of nitrogens with zero attached hydrogens (tertiary/aromatic N) is 2. The van der Waals surface area contributed by atoms with E-state index in [2.05, 4.69) is 43.4 Å². The Kier molecular flexibility index (Phi) is 3.14. The molecular formula is C10H12BrN3. The molecule has 0 saturated heterocycles. The second kappa shape index (κ2) is 4.55. The first-order chi connectivity index (χ1) is 6.84. The number of allylic oxidation sites excluding steroid dienone is 1. The Morgan fingerprint density at radius 2 is 2.07 bits per heavy atom. The van der Waals surface area contributed by atoms with Gasteiger partial charge in [0.25, 0.3) is 0 Å². The molecule has 0 aromatic carbocycles. The zero-order chi connectivity index (χ0) is 9.80. The molecule has 0 radical (unpaired) electrons. The predicted octanol–water partition coefficient (Wildman–Crippen LogP) is 2.76. The van der Waals surface area contributed by atoms with E-state index in [1.54, 1.807) is 12.4 Å². The van der Waals surface area contributed by atoms with Crippen molar-refractivity contribution >= 4 is 21.9 Å². The number of nitrogens with one attached hydrogen (secondary N) is 1. The summed E-state index contributed by atoms with van der Waals surface area (Å²) in [4.78, 5) is 8.36. The van der Waals surface area contributed by atoms with Gasteiger partial charge >= 0.3 is 0 Å². The molecule has 4 heteroatoms. The van der Waals surface area contributed by atoms with Crippen LogP contribution in [0.5, 0.6) is 0 Å². The van der Waals surface area contributed by atoms with Crippen LogP contribution in [0, 0.1) is 0 Å². The molecule has 74 valence electrons. The van der Waals surface area contributed by atoms with Crippen LogP contribution in [0.25, 0.3) is 0 Å². The van der Waals surface area contributed by atoms with Crippen LogP contribution in [0.15, 0.2) is 29.0 Å². The molecule has 1 aliphatic carbocycles. The average molecular weight is 254 g/mol. The fraction of sp³-hybridized carbons (Fsp3) is 0.400. The lowest BCUT2D eigenvalue weighted by Crippen LogP contribution is -2.21. The summed E-state index contributed by atoms with van der Waals surface area (Å²) in [5.41, 5.74) is 0. The van der Waals surface area contributed by atoms with E-state index in [1.807, 2.05) is 0 Å². The van der Waals surface area contributed by atoms with Crippen LogP contribution in [0.2, 0.25) is 0 Å². The van der Waals surface area contributed by atoms with Crippen molar-refractivity contribution in [2.24, 2.45) is 0 Å². The maximum atomic E-state index is 4.18. The standard InChI is InChI=1S/C10H12BrN3/c11-8-6-12-10(13-7-8)14-9-4-2-1-3-5-9/h1-2,6-7,9H,3-5H2,(H,12,13,14). The van der Waals surface area contributed by atoms with Gasteiger partial charge in [-0.1, -0.05) is 12.2 Å². The number of halogens is 1. The molecule has 0 saturated carbocycles. The minimum Gasteiger partial charge on any atom is -0.351 e. The fourth-order valence-electron chi connectivity index (χ4n) is 1.49. The van der Waals surface area contributed by atoms with Gasteiger partial charge in [0.1, 0.15) is 0 Å². The highest BCUT2D eigenvalue weighted by molar-refractivity contribution is 9.10. The first kappa shape index (κ1) is 9.65. The summed E-state index contributed by atoms with van der Waals surface area (Å²) in [6.07, 6.45) is 11.3. The normalized spacial score (nSPS) is 20.8. The molecule has 1 heterocycles. The van der Waals surface area contributed by atoms with Crippen molar-refractivity contribution in [1.29, 1.82) is 0 Å². The van der Waals surface area contributed by atoms with Crippen LogP contribution in [-0.2, 0) is 0 Å². The third kappa shape index (κ3) is 2.54. The first-order valence-electron chi connectivity index (χ1n) is 4.73. The highest BCUT2D eigenvalue weighted by Gasteiger charge is 2.09. The Morgan fingerprint density at radius 1 is 1.29 bits per heavy atom. The predicted molar refractivity (Wildman–Crippen MR) is 60.1 cm³/mol. The van der Waals surface area contributed by atoms with Gasteiger partial charge in [-0.25, -0.2) is 9.97 Å². The van der Waals surface area contributed by atoms with E-state index in [-0.39, 0.29) is 0 Å². The fourth-order valence-corrected chi connectivity index (χ4v) is 1.70. The zero-order valence-electron chi connectivity index (χ0n) is 7.78. The van der Waals surface area contributed by atoms with Crippen molar-refractivity contribution < 1.29 is 0 Å². The van der Waals surface area contributed by atoms with Crippen molar-refractivity contribution in [1.82, 2.24) is 9.97 Å². The second-order valence-corrected chi connectivity index (χ2v) is 4.27. The highest BCUT2D eigenvalue weighted by atomic mass is 79.9. The molecule has 0 amide bonds. The van der Waals surface area contributed by atoms with Crippen LogP contribution in [0.4, 0.5) is 5.95 Å². The molecule has 14 heavy (non-hydrogen) atoms. The van der Waals surface area contributed by atoms with Gasteiger partial charge in [0.05, 0.1) is 4.47 Å². The van der Waals surface area contributed by atoms with Gasteiger partial charge in [0.15, 0.2) is 0 Å². The molecule has 1 aliphatic rings. The first-order valence-corrected chi connectivity index (χ1v) is 5.53. The monoisotopic (exact) mass is 253 g/mol. The Morgan fingerprint density at radius 3 is 2.71 bits per heavy atom. The largest absolute Gasteiger partial charge is 0.351 e. The topological polar surface area (TPSA) is 37.8 Å². The Labute approximate surface area is 91.8 Å². The van der Waals surface area contributed by atoms with E-state index in [0.29, 0.717) is 12.0 Å². The van der Waals surface area contributed by atoms with E-state index < -0.39 is 0 Å². The maximum Gasteiger partial charge on any atom is 0.222 e. The van der Waals surface area contributed by atoms with E-state index in [9.17, 15) is 0 Å². The molecule has 0 spiro atoms. The van der Waals surface area contributed by atoms with Crippen molar-refractivity contribution in [3.05, 3.63) is 29.0 Å². The number of aromatic nitrogens is 2. The molecular weight excluding hydrogens is 242 g/mol. The molecule has 1 N–H and O–H groups in total. The molecule has 1 unspecified atom stereocenters. The van der Waals surface area contributed by atoms with Crippen molar-refractivity contribution in [2.45, 2.75) is 25.3 Å². The number of hydrogen-bond acceptors (Lipinski definition) is 3. The van der Waals surface area contributed by atoms with Gasteiger partial charge in [0, 0.05) is 18.4 Å². The quantitative estimate of drug-likeness (QED) is 0.824. The van der Waals surface area contributed by atoms with E-state index in [1.165, 1.54) is 0 Å². The third-order valence-corrected chi connectivity index (χ3v) is 2.63. The summed E-state index contributed by atoms with van der Waals surface area (Å²) in [7, 11) is 0. The van der Waals surface area contributed by atoms with Gasteiger partial charge < -0.3 is 5.32 Å². The molecule has 3 nitrogen and oxygen atoms in total. The van der Waals surface area contributed by atoms with Crippen LogP contribution in [0.3, 0.4) is 0 Å². The van der Waals surface area contributed by atoms with E-state index in [4.69, 9.17) is 0 Å². The van der Waals surface area contributed by atoms with Crippen molar-refractivity contribution in [3.8, 4) is 0 Å². The van der Waals surface area contributed by atoms with Crippen LogP contribution < -0.4 is 5.32 Å². The van der Waals surface area contributed by atoms with Gasteiger partial charge in [0.2, 0.25) is 5.95 Å². The number of rotatable bonds is 2. The number of anilines is 1. The highest BCUT2D eigenvalue weighted by Crippen LogP contribution is 2.15. The lowest BCUT2D eigenvalue weighted by atomic mass is 10.0. The average Bonchev–Trinajstić information content (AvgIpc) is 2.23. The summed E-state index contributed by atoms with van der Waals surface area (Å²) in [5, 5.41) is 3.31. The molecule has 0 bridgehead atoms. The number of hydrogen-bond donors (Lipinski definition) is 1. The Bertz CT molecular complexity index is 321. The van der Waals surface area contributed by atoms with Gasteiger partial charge in [-0.05, 0) is 35.2 Å². The molecule has 1 aromatic rings. The van der Waals surface area contributed by atoms with Gasteiger partial charge in [-0.15, -0.1) is 0 Å². The molecule has 0 fully saturated rings. The minimum absolute atomic E-state index is 0.487. The summed E-state index contributed by atoms with van der Waals surface area (Å²) < 4.78 is 0.909. The molecule has 0 aliphatic heterocycles. The summed E-state index contributed by atoms with van der Waals surface area (Å²) >= 11 is 3.31. The zero-order valence-corrected chi connectivity index (χ0v) is 9.37. The van der Waals surface area contributed by atoms with E-state index >= 15 is 0 Å². The lowest BCUT2D eigenvalue weighted by Gasteiger charge is -2.18. The SMILES string of the molecule is Brc1cnc(NC2CC=CCC2)nc1. The summed E-state index contributed by atoms with van der Waals surface area (Å²) in [6, 6.07) is 0.487.